The van der Waals surface area contributed by atoms with Crippen LogP contribution in [0.4, 0.5) is 0 Å². The van der Waals surface area contributed by atoms with Crippen molar-refractivity contribution in [1.82, 2.24) is 0 Å². The molecule has 2 unspecified atom stereocenters. The smallest absolute Gasteiger partial charge is 0.147 e. The highest BCUT2D eigenvalue weighted by Gasteiger charge is 2.11. The van der Waals surface area contributed by atoms with E-state index in [-0.39, 0.29) is 24.8 Å². The van der Waals surface area contributed by atoms with Gasteiger partial charge in [-0.05, 0) is 0 Å². The summed E-state index contributed by atoms with van der Waals surface area (Å²) in [7, 11) is 1.73. The first-order chi connectivity index (χ1) is 2.81. The Kier molecular flexibility index (Phi) is 22.9. The summed E-state index contributed by atoms with van der Waals surface area (Å²) in [4.78, 5) is 0. The summed E-state index contributed by atoms with van der Waals surface area (Å²) >= 11 is 0. The Bertz CT molecular complexity index is 50.5. The number of hydrogen-bond donors (Lipinski definition) is 0. The molecule has 0 rings (SSSR count). The molecule has 8 heavy (non-hydrogen) atoms. The van der Waals surface area contributed by atoms with Gasteiger partial charge < -0.3 is 0 Å². The largest absolute Gasteiger partial charge is 0.702 e. The predicted molar refractivity (Wildman–Crippen MR) is 43.7 cm³/mol. The fraction of sp³-hybridized carbons (Fsp3) is 0. The van der Waals surface area contributed by atoms with Gasteiger partial charge in [-0.2, -0.15) is 0 Å². The van der Waals surface area contributed by atoms with Gasteiger partial charge in [0.15, 0.2) is 0 Å². The molecular formula is H6Cl2O3P3+. The molecule has 0 radical (unpaired) electrons. The van der Waals surface area contributed by atoms with Gasteiger partial charge in [-0.1, -0.05) is 0 Å². The fourth-order valence-corrected chi connectivity index (χ4v) is 0.671. The summed E-state index contributed by atoms with van der Waals surface area (Å²) in [5.74, 6) is 0. The Morgan fingerprint density at radius 3 is 1.38 bits per heavy atom. The van der Waals surface area contributed by atoms with Gasteiger partial charge >= 0.3 is 8.25 Å². The quantitative estimate of drug-likeness (QED) is 0.665. The maximum Gasteiger partial charge on any atom is 0.702 e. The Labute approximate surface area is 65.6 Å². The molecular weight excluding hydrogens is 212 g/mol. The second kappa shape index (κ2) is 11.3. The molecule has 3 nitrogen and oxygen atoms in total. The molecule has 0 spiro atoms. The average molecular weight is 218 g/mol. The first-order valence-corrected chi connectivity index (χ1v) is 3.06. The molecule has 0 amide bonds. The Hall–Kier alpha value is 1.46. The van der Waals surface area contributed by atoms with Crippen LogP contribution < -0.4 is 0 Å². The van der Waals surface area contributed by atoms with E-state index in [9.17, 15) is 4.57 Å². The van der Waals surface area contributed by atoms with E-state index in [1.807, 2.05) is 18.9 Å². The van der Waals surface area contributed by atoms with Gasteiger partial charge in [-0.3, -0.25) is 0 Å². The summed E-state index contributed by atoms with van der Waals surface area (Å²) in [6.45, 7) is 0. The molecule has 0 N–H and O–H groups in total. The van der Waals surface area contributed by atoms with Crippen LogP contribution >= 0.6 is 52.0 Å². The van der Waals surface area contributed by atoms with E-state index < -0.39 is 8.25 Å². The molecule has 0 aromatic carbocycles. The lowest BCUT2D eigenvalue weighted by Crippen LogP contribution is -1.49. The maximum absolute atomic E-state index is 9.84. The first-order valence-electron chi connectivity index (χ1n) is 1.02. The fourth-order valence-electron chi connectivity index (χ4n) is 0.0248. The molecule has 2 atom stereocenters. The third kappa shape index (κ3) is 10.4. The zero-order valence-electron chi connectivity index (χ0n) is 3.64. The van der Waals surface area contributed by atoms with Gasteiger partial charge in [0.05, 0.1) is 18.9 Å². The van der Waals surface area contributed by atoms with Crippen LogP contribution in [0.25, 0.3) is 0 Å². The predicted octanol–water partition coefficient (Wildman–Crippen LogP) is 2.10. The minimum atomic E-state index is -1.90. The van der Waals surface area contributed by atoms with Crippen LogP contribution in [0.1, 0.15) is 0 Å². The van der Waals surface area contributed by atoms with Crippen LogP contribution in [0.2, 0.25) is 0 Å². The molecule has 0 aliphatic carbocycles. The van der Waals surface area contributed by atoms with E-state index in [1.54, 1.807) is 0 Å². The van der Waals surface area contributed by atoms with Gasteiger partial charge in [0.2, 0.25) is 0 Å². The number of halogens is 2. The Morgan fingerprint density at radius 1 is 1.12 bits per heavy atom. The topological polar surface area (TPSA) is 35.5 Å². The molecule has 0 saturated carbocycles. The van der Waals surface area contributed by atoms with Crippen molar-refractivity contribution in [2.75, 3.05) is 0 Å². The van der Waals surface area contributed by atoms with Crippen molar-refractivity contribution in [3.05, 3.63) is 0 Å². The minimum Gasteiger partial charge on any atom is -0.147 e. The van der Waals surface area contributed by atoms with Crippen molar-refractivity contribution in [1.29, 1.82) is 0 Å². The van der Waals surface area contributed by atoms with Crippen LogP contribution in [0, 0.1) is 0 Å². The molecule has 0 saturated heterocycles. The van der Waals surface area contributed by atoms with Crippen molar-refractivity contribution < 1.29 is 13.2 Å². The highest BCUT2D eigenvalue weighted by Crippen LogP contribution is 2.29. The van der Waals surface area contributed by atoms with Crippen LogP contribution in [0.3, 0.4) is 0 Å². The third-order valence-corrected chi connectivity index (χ3v) is 1.55. The van der Waals surface area contributed by atoms with Crippen LogP contribution in [-0.4, -0.2) is 0 Å². The van der Waals surface area contributed by atoms with Crippen LogP contribution in [-0.2, 0) is 13.2 Å². The van der Waals surface area contributed by atoms with Crippen LogP contribution in [0.15, 0.2) is 0 Å². The van der Waals surface area contributed by atoms with Gasteiger partial charge in [0.25, 0.3) is 0 Å². The summed E-state index contributed by atoms with van der Waals surface area (Å²) in [5.41, 5.74) is 0. The van der Waals surface area contributed by atoms with Gasteiger partial charge in [0, 0.05) is 4.57 Å². The lowest BCUT2D eigenvalue weighted by molar-refractivity contribution is 0.461. The molecule has 0 aliphatic heterocycles. The Balaban J connectivity index is -0.000000125. The van der Waals surface area contributed by atoms with Gasteiger partial charge in [-0.25, -0.2) is 0 Å². The molecule has 0 heterocycles. The number of rotatable bonds is 2. The minimum absolute atomic E-state index is 0. The second-order valence-electron chi connectivity index (χ2n) is 0.434. The third-order valence-electron chi connectivity index (χ3n) is 0.172. The summed E-state index contributed by atoms with van der Waals surface area (Å²) in [6, 6.07) is 0. The van der Waals surface area contributed by atoms with Crippen molar-refractivity contribution in [2.45, 2.75) is 0 Å². The molecule has 8 heteroatoms. The second-order valence-corrected chi connectivity index (χ2v) is 2.57. The van der Waals surface area contributed by atoms with E-state index in [2.05, 4.69) is 8.62 Å². The van der Waals surface area contributed by atoms with Crippen molar-refractivity contribution in [3.8, 4) is 0 Å². The lowest BCUT2D eigenvalue weighted by Gasteiger charge is -1.66. The van der Waals surface area contributed by atoms with Crippen LogP contribution in [0.5, 0.6) is 0 Å². The van der Waals surface area contributed by atoms with E-state index in [0.717, 1.165) is 0 Å². The van der Waals surface area contributed by atoms with E-state index in [1.165, 1.54) is 0 Å². The summed E-state index contributed by atoms with van der Waals surface area (Å²) in [6.07, 6.45) is 0. The number of hydrogen-bond acceptors (Lipinski definition) is 3. The molecule has 0 aliphatic rings. The molecule has 0 aromatic rings. The van der Waals surface area contributed by atoms with E-state index in [4.69, 9.17) is 0 Å². The Morgan fingerprint density at radius 2 is 1.38 bits per heavy atom. The molecule has 0 fully saturated rings. The normalized spacial score (nSPS) is 6.25. The zero-order chi connectivity index (χ0) is 4.99. The standard InChI is InChI=1S/2ClH.H4O3P3/c;;1-6(2-4)3-5/h2*1H;4-5H2/q;;+1. The average Bonchev–Trinajstić information content (AvgIpc) is 1.65. The van der Waals surface area contributed by atoms with Crippen molar-refractivity contribution in [2.24, 2.45) is 0 Å². The van der Waals surface area contributed by atoms with E-state index in [0.29, 0.717) is 0 Å². The highest BCUT2D eigenvalue weighted by molar-refractivity contribution is 7.45. The van der Waals surface area contributed by atoms with Gasteiger partial charge in [-0.15, -0.1) is 33.4 Å². The van der Waals surface area contributed by atoms with E-state index >= 15 is 0 Å². The van der Waals surface area contributed by atoms with Crippen molar-refractivity contribution in [3.63, 3.8) is 0 Å². The van der Waals surface area contributed by atoms with Gasteiger partial charge in [0.1, 0.15) is 0 Å². The summed E-state index contributed by atoms with van der Waals surface area (Å²) < 4.78 is 18.0. The summed E-state index contributed by atoms with van der Waals surface area (Å²) in [5, 5.41) is 0. The molecule has 52 valence electrons. The molecule has 0 bridgehead atoms. The maximum atomic E-state index is 9.84. The first kappa shape index (κ1) is 16.2. The monoisotopic (exact) mass is 217 g/mol. The van der Waals surface area contributed by atoms with Crippen molar-refractivity contribution >= 4 is 52.0 Å². The highest BCUT2D eigenvalue weighted by atomic mass is 35.5. The zero-order valence-corrected chi connectivity index (χ0v) is 8.48. The lowest BCUT2D eigenvalue weighted by atomic mass is 15.8. The SMILES string of the molecule is Cl.Cl.O=[P+](OP)OP. The molecule has 0 aromatic heterocycles.